The van der Waals surface area contributed by atoms with Crippen LogP contribution in [0, 0.1) is 0 Å². The minimum atomic E-state index is -0.738. The lowest BCUT2D eigenvalue weighted by atomic mass is 10.2. The molecule has 2 heterocycles. The fourth-order valence-electron chi connectivity index (χ4n) is 2.81. The van der Waals surface area contributed by atoms with Crippen LogP contribution in [0.15, 0.2) is 48.5 Å². The molecule has 0 aliphatic carbocycles. The smallest absolute Gasteiger partial charge is 0.331 e. The summed E-state index contributed by atoms with van der Waals surface area (Å²) in [5.74, 6) is -0.601. The Balaban J connectivity index is 1.55. The van der Waals surface area contributed by atoms with E-state index >= 15 is 0 Å². The number of rotatable bonds is 5. The molecule has 3 rings (SSSR count). The zero-order chi connectivity index (χ0) is 17.6. The first-order valence-electron chi connectivity index (χ1n) is 8.46. The van der Waals surface area contributed by atoms with Crippen LogP contribution in [0.3, 0.4) is 0 Å². The van der Waals surface area contributed by atoms with Gasteiger partial charge in [-0.3, -0.25) is 4.79 Å². The molecule has 2 aromatic rings. The molecule has 1 aromatic heterocycles. The van der Waals surface area contributed by atoms with Crippen molar-refractivity contribution in [1.82, 2.24) is 4.90 Å². The van der Waals surface area contributed by atoms with Crippen molar-refractivity contribution in [3.05, 3.63) is 53.4 Å². The van der Waals surface area contributed by atoms with Crippen molar-refractivity contribution in [2.75, 3.05) is 13.1 Å². The average molecular weight is 355 g/mol. The van der Waals surface area contributed by atoms with Gasteiger partial charge in [0.15, 0.2) is 6.10 Å². The van der Waals surface area contributed by atoms with Gasteiger partial charge in [0, 0.05) is 28.9 Å². The van der Waals surface area contributed by atoms with Gasteiger partial charge in [-0.2, -0.15) is 0 Å². The van der Waals surface area contributed by atoms with Gasteiger partial charge in [-0.25, -0.2) is 4.79 Å². The van der Waals surface area contributed by atoms with Crippen molar-refractivity contribution in [3.8, 4) is 10.4 Å². The van der Waals surface area contributed by atoms with Crippen LogP contribution in [0.1, 0.15) is 24.6 Å². The van der Waals surface area contributed by atoms with E-state index in [1.165, 1.54) is 6.08 Å². The van der Waals surface area contributed by atoms with E-state index in [1.54, 1.807) is 29.2 Å². The maximum absolute atomic E-state index is 12.1. The Hall–Kier alpha value is -2.40. The van der Waals surface area contributed by atoms with Gasteiger partial charge < -0.3 is 9.64 Å². The Morgan fingerprint density at radius 1 is 1.12 bits per heavy atom. The second-order valence-corrected chi connectivity index (χ2v) is 7.13. The molecule has 4 nitrogen and oxygen atoms in total. The Morgan fingerprint density at radius 2 is 1.84 bits per heavy atom. The van der Waals surface area contributed by atoms with E-state index in [9.17, 15) is 9.59 Å². The van der Waals surface area contributed by atoms with Crippen LogP contribution in [0.4, 0.5) is 0 Å². The highest BCUT2D eigenvalue weighted by Crippen LogP contribution is 2.28. The Bertz CT molecular complexity index is 760. The third-order valence-corrected chi connectivity index (χ3v) is 5.23. The van der Waals surface area contributed by atoms with Crippen molar-refractivity contribution >= 4 is 29.3 Å². The number of nitrogens with zero attached hydrogens (tertiary/aromatic N) is 1. The van der Waals surface area contributed by atoms with Gasteiger partial charge in [0.05, 0.1) is 0 Å². The summed E-state index contributed by atoms with van der Waals surface area (Å²) in [6, 6.07) is 14.1. The van der Waals surface area contributed by atoms with E-state index in [0.29, 0.717) is 0 Å². The normalized spacial score (nSPS) is 15.5. The molecule has 1 aromatic carbocycles. The quantitative estimate of drug-likeness (QED) is 0.602. The van der Waals surface area contributed by atoms with E-state index in [0.717, 1.165) is 41.2 Å². The summed E-state index contributed by atoms with van der Waals surface area (Å²) in [7, 11) is 0. The zero-order valence-electron chi connectivity index (χ0n) is 14.2. The minimum absolute atomic E-state index is 0.110. The van der Waals surface area contributed by atoms with Crippen molar-refractivity contribution in [1.29, 1.82) is 0 Å². The van der Waals surface area contributed by atoms with Gasteiger partial charge in [-0.1, -0.05) is 30.3 Å². The van der Waals surface area contributed by atoms with Gasteiger partial charge in [-0.15, -0.1) is 11.3 Å². The Morgan fingerprint density at radius 3 is 2.56 bits per heavy atom. The monoisotopic (exact) mass is 355 g/mol. The second-order valence-electron chi connectivity index (χ2n) is 6.01. The number of amides is 1. The first-order valence-corrected chi connectivity index (χ1v) is 9.28. The molecular weight excluding hydrogens is 334 g/mol. The molecule has 1 aliphatic heterocycles. The van der Waals surface area contributed by atoms with Crippen molar-refractivity contribution < 1.29 is 14.3 Å². The number of benzene rings is 1. The number of likely N-dealkylation sites (tertiary alicyclic amines) is 1. The number of carbonyl (C=O) groups excluding carboxylic acids is 2. The third-order valence-electron chi connectivity index (χ3n) is 4.13. The first-order chi connectivity index (χ1) is 12.1. The Kier molecular flexibility index (Phi) is 5.66. The summed E-state index contributed by atoms with van der Waals surface area (Å²) < 4.78 is 5.23. The standard InChI is InChI=1S/C20H21NO3S/c1-15(20(23)21-13-5-6-14-21)24-19(22)12-10-17-9-11-18(25-17)16-7-3-2-4-8-16/h2-4,7-12,15H,5-6,13-14H2,1H3/b12-10+/t15-/m0/s1. The molecule has 0 saturated carbocycles. The van der Waals surface area contributed by atoms with Gasteiger partial charge in [-0.05, 0) is 43.5 Å². The molecule has 0 N–H and O–H groups in total. The number of ether oxygens (including phenoxy) is 1. The highest BCUT2D eigenvalue weighted by Gasteiger charge is 2.25. The molecule has 25 heavy (non-hydrogen) atoms. The molecule has 1 saturated heterocycles. The number of carbonyl (C=O) groups is 2. The SMILES string of the molecule is C[C@H](OC(=O)/C=C/c1ccc(-c2ccccc2)s1)C(=O)N1CCCC1. The molecule has 130 valence electrons. The summed E-state index contributed by atoms with van der Waals surface area (Å²) in [6.07, 6.45) is 4.42. The predicted octanol–water partition coefficient (Wildman–Crippen LogP) is 3.98. The predicted molar refractivity (Wildman–Crippen MR) is 100 cm³/mol. The maximum Gasteiger partial charge on any atom is 0.331 e. The first kappa shape index (κ1) is 17.4. The zero-order valence-corrected chi connectivity index (χ0v) is 15.0. The van der Waals surface area contributed by atoms with Crippen LogP contribution in [0.25, 0.3) is 16.5 Å². The largest absolute Gasteiger partial charge is 0.449 e. The molecule has 5 heteroatoms. The van der Waals surface area contributed by atoms with Crippen molar-refractivity contribution in [2.45, 2.75) is 25.9 Å². The van der Waals surface area contributed by atoms with Crippen molar-refractivity contribution in [3.63, 3.8) is 0 Å². The van der Waals surface area contributed by atoms with Gasteiger partial charge in [0.2, 0.25) is 0 Å². The van der Waals surface area contributed by atoms with E-state index in [-0.39, 0.29) is 5.91 Å². The van der Waals surface area contributed by atoms with Crippen LogP contribution in [0.2, 0.25) is 0 Å². The molecule has 0 bridgehead atoms. The topological polar surface area (TPSA) is 46.6 Å². The lowest BCUT2D eigenvalue weighted by Gasteiger charge is -2.19. The molecule has 1 aliphatic rings. The summed E-state index contributed by atoms with van der Waals surface area (Å²) >= 11 is 1.60. The van der Waals surface area contributed by atoms with E-state index in [2.05, 4.69) is 12.1 Å². The maximum atomic E-state index is 12.1. The highest BCUT2D eigenvalue weighted by molar-refractivity contribution is 7.16. The lowest BCUT2D eigenvalue weighted by Crippen LogP contribution is -2.37. The van der Waals surface area contributed by atoms with E-state index in [4.69, 9.17) is 4.74 Å². The molecule has 0 unspecified atom stereocenters. The van der Waals surface area contributed by atoms with Crippen LogP contribution < -0.4 is 0 Å². The fourth-order valence-corrected chi connectivity index (χ4v) is 3.72. The summed E-state index contributed by atoms with van der Waals surface area (Å²) in [4.78, 5) is 28.0. The second kappa shape index (κ2) is 8.12. The molecule has 1 amide bonds. The van der Waals surface area contributed by atoms with Crippen LogP contribution in [0.5, 0.6) is 0 Å². The minimum Gasteiger partial charge on any atom is -0.449 e. The van der Waals surface area contributed by atoms with Gasteiger partial charge in [0.25, 0.3) is 5.91 Å². The average Bonchev–Trinajstić information content (AvgIpc) is 3.32. The number of hydrogen-bond donors (Lipinski definition) is 0. The summed E-state index contributed by atoms with van der Waals surface area (Å²) in [6.45, 7) is 3.15. The molecule has 0 spiro atoms. The number of esters is 1. The summed E-state index contributed by atoms with van der Waals surface area (Å²) in [5.41, 5.74) is 1.15. The lowest BCUT2D eigenvalue weighted by molar-refractivity contribution is -0.154. The molecule has 1 fully saturated rings. The van der Waals surface area contributed by atoms with E-state index < -0.39 is 12.1 Å². The van der Waals surface area contributed by atoms with Gasteiger partial charge in [0.1, 0.15) is 0 Å². The van der Waals surface area contributed by atoms with Gasteiger partial charge >= 0.3 is 5.97 Å². The number of thiophene rings is 1. The molecular formula is C20H21NO3S. The van der Waals surface area contributed by atoms with Crippen LogP contribution >= 0.6 is 11.3 Å². The fraction of sp³-hybridized carbons (Fsp3) is 0.300. The highest BCUT2D eigenvalue weighted by atomic mass is 32.1. The third kappa shape index (κ3) is 4.57. The molecule has 1 atom stereocenters. The van der Waals surface area contributed by atoms with E-state index in [1.807, 2.05) is 30.3 Å². The van der Waals surface area contributed by atoms with Crippen LogP contribution in [-0.4, -0.2) is 36.0 Å². The number of hydrogen-bond acceptors (Lipinski definition) is 4. The Labute approximate surface area is 151 Å². The summed E-state index contributed by atoms with van der Waals surface area (Å²) in [5, 5.41) is 0. The van der Waals surface area contributed by atoms with Crippen LogP contribution in [-0.2, 0) is 14.3 Å². The van der Waals surface area contributed by atoms with Crippen molar-refractivity contribution in [2.24, 2.45) is 0 Å². The molecule has 0 radical (unpaired) electrons.